The molecular weight excluding hydrogens is 320 g/mol. The van der Waals surface area contributed by atoms with Crippen molar-refractivity contribution in [1.29, 1.82) is 0 Å². The maximum Gasteiger partial charge on any atom is 0.257 e. The average Bonchev–Trinajstić information content (AvgIpc) is 3.22. The minimum Gasteiger partial charge on any atom is -0.453 e. The summed E-state index contributed by atoms with van der Waals surface area (Å²) in [5.41, 5.74) is 0.563. The zero-order valence-electron chi connectivity index (χ0n) is 14.5. The van der Waals surface area contributed by atoms with E-state index in [9.17, 15) is 4.79 Å². The summed E-state index contributed by atoms with van der Waals surface area (Å²) in [6.45, 7) is 2.93. The molecule has 2 atom stereocenters. The molecule has 1 amide bonds. The third-order valence-corrected chi connectivity index (χ3v) is 4.89. The van der Waals surface area contributed by atoms with Crippen molar-refractivity contribution in [1.82, 2.24) is 19.6 Å². The molecule has 0 bridgehead atoms. The third kappa shape index (κ3) is 3.12. The van der Waals surface area contributed by atoms with Crippen LogP contribution in [0.2, 0.25) is 0 Å². The molecule has 2 aromatic rings. The highest BCUT2D eigenvalue weighted by molar-refractivity contribution is 5.97. The zero-order chi connectivity index (χ0) is 17.4. The molecule has 132 valence electrons. The number of nitrogens with zero attached hydrogens (tertiary/aromatic N) is 4. The Bertz CT molecular complexity index is 775. The molecule has 1 aromatic heterocycles. The number of rotatable bonds is 3. The van der Waals surface area contributed by atoms with Gasteiger partial charge < -0.3 is 14.4 Å². The summed E-state index contributed by atoms with van der Waals surface area (Å²) in [7, 11) is 3.92. The molecule has 2 saturated heterocycles. The van der Waals surface area contributed by atoms with Gasteiger partial charge in [-0.15, -0.1) is 0 Å². The Hall–Kier alpha value is -2.38. The number of fused-ring (bicyclic) bond motifs is 1. The first-order valence-corrected chi connectivity index (χ1v) is 8.48. The highest BCUT2D eigenvalue weighted by Gasteiger charge is 2.41. The van der Waals surface area contributed by atoms with E-state index in [1.54, 1.807) is 23.1 Å². The van der Waals surface area contributed by atoms with Gasteiger partial charge in [-0.3, -0.25) is 14.4 Å². The van der Waals surface area contributed by atoms with Gasteiger partial charge in [-0.05, 0) is 19.2 Å². The summed E-state index contributed by atoms with van der Waals surface area (Å²) < 4.78 is 13.4. The topological polar surface area (TPSA) is 59.8 Å². The summed E-state index contributed by atoms with van der Waals surface area (Å²) in [6.07, 6.45) is 3.50. The number of morpholine rings is 1. The van der Waals surface area contributed by atoms with Crippen molar-refractivity contribution < 1.29 is 14.3 Å². The number of likely N-dealkylation sites (N-methyl/N-ethyl adjacent to an activating group) is 1. The molecule has 3 heterocycles. The Balaban J connectivity index is 1.54. The van der Waals surface area contributed by atoms with Gasteiger partial charge in [0.05, 0.1) is 36.7 Å². The molecule has 0 saturated carbocycles. The number of hydrogen-bond donors (Lipinski definition) is 0. The van der Waals surface area contributed by atoms with E-state index in [0.717, 1.165) is 13.2 Å². The first-order valence-electron chi connectivity index (χ1n) is 8.48. The Kier molecular flexibility index (Phi) is 4.19. The molecule has 0 N–H and O–H groups in total. The van der Waals surface area contributed by atoms with Crippen LogP contribution in [0.15, 0.2) is 36.7 Å². The van der Waals surface area contributed by atoms with Crippen molar-refractivity contribution in [3.63, 3.8) is 0 Å². The Labute approximate surface area is 146 Å². The van der Waals surface area contributed by atoms with E-state index < -0.39 is 0 Å². The average molecular weight is 342 g/mol. The first kappa shape index (κ1) is 16.1. The van der Waals surface area contributed by atoms with Gasteiger partial charge in [0, 0.05) is 26.7 Å². The van der Waals surface area contributed by atoms with E-state index in [1.807, 2.05) is 30.1 Å². The van der Waals surface area contributed by atoms with Crippen molar-refractivity contribution in [2.24, 2.45) is 7.05 Å². The fourth-order valence-corrected chi connectivity index (χ4v) is 3.50. The van der Waals surface area contributed by atoms with Gasteiger partial charge in [0.25, 0.3) is 5.91 Å². The van der Waals surface area contributed by atoms with Gasteiger partial charge in [0.15, 0.2) is 5.75 Å². The van der Waals surface area contributed by atoms with Crippen LogP contribution in [-0.4, -0.2) is 70.9 Å². The van der Waals surface area contributed by atoms with Crippen molar-refractivity contribution in [2.75, 3.05) is 33.3 Å². The normalized spacial score (nSPS) is 23.5. The molecule has 0 unspecified atom stereocenters. The van der Waals surface area contributed by atoms with Crippen LogP contribution in [0.25, 0.3) is 0 Å². The second kappa shape index (κ2) is 6.50. The van der Waals surface area contributed by atoms with Crippen LogP contribution in [0, 0.1) is 0 Å². The molecule has 2 aliphatic rings. The monoisotopic (exact) mass is 342 g/mol. The molecule has 25 heavy (non-hydrogen) atoms. The van der Waals surface area contributed by atoms with E-state index in [1.165, 1.54) is 0 Å². The van der Waals surface area contributed by atoms with E-state index in [2.05, 4.69) is 17.0 Å². The number of likely N-dealkylation sites (tertiary alicyclic amines) is 1. The third-order valence-electron chi connectivity index (χ3n) is 4.89. The predicted octanol–water partition coefficient (Wildman–Crippen LogP) is 1.37. The number of amides is 1. The minimum absolute atomic E-state index is 0.0223. The van der Waals surface area contributed by atoms with Gasteiger partial charge in [-0.2, -0.15) is 5.10 Å². The summed E-state index contributed by atoms with van der Waals surface area (Å²) in [5.74, 6) is 1.14. The number of hydrogen-bond acceptors (Lipinski definition) is 5. The second-order valence-electron chi connectivity index (χ2n) is 6.62. The van der Waals surface area contributed by atoms with E-state index >= 15 is 0 Å². The van der Waals surface area contributed by atoms with E-state index in [-0.39, 0.29) is 18.1 Å². The van der Waals surface area contributed by atoms with Crippen LogP contribution in [0.1, 0.15) is 10.4 Å². The van der Waals surface area contributed by atoms with Crippen LogP contribution < -0.4 is 4.74 Å². The Morgan fingerprint density at radius 3 is 2.88 bits per heavy atom. The molecule has 7 nitrogen and oxygen atoms in total. The van der Waals surface area contributed by atoms with Crippen molar-refractivity contribution in [3.05, 3.63) is 42.2 Å². The smallest absolute Gasteiger partial charge is 0.257 e. The van der Waals surface area contributed by atoms with Crippen LogP contribution in [0.5, 0.6) is 11.5 Å². The maximum absolute atomic E-state index is 13.1. The van der Waals surface area contributed by atoms with Crippen LogP contribution >= 0.6 is 0 Å². The van der Waals surface area contributed by atoms with E-state index in [4.69, 9.17) is 9.47 Å². The SMILES string of the molecule is CN1CCO[C@@H]2CN(C(=O)c3ccccc3Oc3cnn(C)c3)C[C@@H]21. The number of ether oxygens (including phenoxy) is 2. The Morgan fingerprint density at radius 1 is 1.28 bits per heavy atom. The lowest BCUT2D eigenvalue weighted by Crippen LogP contribution is -2.48. The predicted molar refractivity (Wildman–Crippen MR) is 91.8 cm³/mol. The Morgan fingerprint density at radius 2 is 2.12 bits per heavy atom. The quantitative estimate of drug-likeness (QED) is 0.843. The number of benzene rings is 1. The number of carbonyl (C=O) groups excluding carboxylic acids is 1. The molecule has 4 rings (SSSR count). The lowest BCUT2D eigenvalue weighted by Gasteiger charge is -2.33. The largest absolute Gasteiger partial charge is 0.453 e. The maximum atomic E-state index is 13.1. The lowest BCUT2D eigenvalue weighted by atomic mass is 10.1. The standard InChI is InChI=1S/C18H22N4O3/c1-20-7-8-24-17-12-22(11-15(17)20)18(23)14-5-3-4-6-16(14)25-13-9-19-21(2)10-13/h3-6,9-10,15,17H,7-8,11-12H2,1-2H3/t15-,17+/m0/s1. The fraction of sp³-hybridized carbons (Fsp3) is 0.444. The van der Waals surface area contributed by atoms with Gasteiger partial charge in [-0.25, -0.2) is 0 Å². The van der Waals surface area contributed by atoms with Crippen molar-refractivity contribution >= 4 is 5.91 Å². The van der Waals surface area contributed by atoms with Crippen molar-refractivity contribution in [2.45, 2.75) is 12.1 Å². The molecule has 7 heteroatoms. The van der Waals surface area contributed by atoms with Crippen molar-refractivity contribution in [3.8, 4) is 11.5 Å². The fourth-order valence-electron chi connectivity index (χ4n) is 3.50. The molecule has 0 aliphatic carbocycles. The van der Waals surface area contributed by atoms with Gasteiger partial charge in [-0.1, -0.05) is 12.1 Å². The molecular formula is C18H22N4O3. The lowest BCUT2D eigenvalue weighted by molar-refractivity contribution is -0.0368. The molecule has 2 fully saturated rings. The summed E-state index contributed by atoms with van der Waals surface area (Å²) in [5, 5.41) is 4.10. The number of aromatic nitrogens is 2. The summed E-state index contributed by atoms with van der Waals surface area (Å²) in [6, 6.07) is 7.61. The zero-order valence-corrected chi connectivity index (χ0v) is 14.5. The molecule has 1 aromatic carbocycles. The molecule has 0 spiro atoms. The van der Waals surface area contributed by atoms with Gasteiger partial charge in [0.1, 0.15) is 5.75 Å². The molecule has 0 radical (unpaired) electrons. The number of carbonyl (C=O) groups is 1. The summed E-state index contributed by atoms with van der Waals surface area (Å²) >= 11 is 0. The first-order chi connectivity index (χ1) is 12.1. The summed E-state index contributed by atoms with van der Waals surface area (Å²) in [4.78, 5) is 17.2. The highest BCUT2D eigenvalue weighted by atomic mass is 16.5. The van der Waals surface area contributed by atoms with Crippen LogP contribution in [0.4, 0.5) is 0 Å². The molecule has 2 aliphatic heterocycles. The van der Waals surface area contributed by atoms with Crippen LogP contribution in [-0.2, 0) is 11.8 Å². The number of aryl methyl sites for hydroxylation is 1. The highest BCUT2D eigenvalue weighted by Crippen LogP contribution is 2.28. The van der Waals surface area contributed by atoms with E-state index in [0.29, 0.717) is 30.2 Å². The number of para-hydroxylation sites is 1. The van der Waals surface area contributed by atoms with Gasteiger partial charge in [0.2, 0.25) is 0 Å². The van der Waals surface area contributed by atoms with Gasteiger partial charge >= 0.3 is 0 Å². The second-order valence-corrected chi connectivity index (χ2v) is 6.62. The van der Waals surface area contributed by atoms with Crippen LogP contribution in [0.3, 0.4) is 0 Å². The minimum atomic E-state index is -0.0223.